The lowest BCUT2D eigenvalue weighted by Crippen LogP contribution is -2.36. The number of anilines is 1. The van der Waals surface area contributed by atoms with Gasteiger partial charge in [-0.05, 0) is 42.7 Å². The molecular formula is C21H30N4O. The molecule has 0 heterocycles. The molecule has 0 unspecified atom stereocenters. The van der Waals surface area contributed by atoms with Crippen LogP contribution in [0.25, 0.3) is 0 Å². The van der Waals surface area contributed by atoms with Crippen LogP contribution < -0.4 is 20.3 Å². The molecule has 0 bridgehead atoms. The third kappa shape index (κ3) is 5.15. The van der Waals surface area contributed by atoms with E-state index in [1.54, 1.807) is 14.2 Å². The highest BCUT2D eigenvalue weighted by Crippen LogP contribution is 2.21. The first-order valence-corrected chi connectivity index (χ1v) is 8.79. The Morgan fingerprint density at radius 2 is 1.54 bits per heavy atom. The number of nitrogens with zero attached hydrogens (tertiary/aromatic N) is 2. The molecule has 0 radical (unpaired) electrons. The Morgan fingerprint density at radius 1 is 0.962 bits per heavy atom. The summed E-state index contributed by atoms with van der Waals surface area (Å²) in [5.74, 6) is 1.65. The first-order chi connectivity index (χ1) is 12.4. The predicted molar refractivity (Wildman–Crippen MR) is 110 cm³/mol. The summed E-state index contributed by atoms with van der Waals surface area (Å²) < 4.78 is 5.47. The van der Waals surface area contributed by atoms with E-state index in [9.17, 15) is 0 Å². The van der Waals surface area contributed by atoms with Crippen LogP contribution in [0, 0.1) is 13.8 Å². The van der Waals surface area contributed by atoms with Crippen LogP contribution in [0.2, 0.25) is 0 Å². The van der Waals surface area contributed by atoms with Gasteiger partial charge in [-0.2, -0.15) is 0 Å². The average molecular weight is 354 g/mol. The van der Waals surface area contributed by atoms with Gasteiger partial charge in [0.1, 0.15) is 5.75 Å². The molecule has 2 rings (SSSR count). The zero-order valence-electron chi connectivity index (χ0n) is 16.7. The number of hydrogen-bond acceptors (Lipinski definition) is 3. The van der Waals surface area contributed by atoms with Crippen molar-refractivity contribution in [3.05, 3.63) is 58.7 Å². The molecule has 0 aliphatic carbocycles. The topological polar surface area (TPSA) is 48.9 Å². The Morgan fingerprint density at radius 3 is 2.12 bits per heavy atom. The van der Waals surface area contributed by atoms with Gasteiger partial charge in [-0.15, -0.1) is 0 Å². The van der Waals surface area contributed by atoms with E-state index in [1.807, 2.05) is 6.07 Å². The number of guanidine groups is 1. The normalized spacial score (nSPS) is 11.2. The van der Waals surface area contributed by atoms with Crippen LogP contribution in [0.15, 0.2) is 41.4 Å². The Kier molecular flexibility index (Phi) is 6.89. The maximum Gasteiger partial charge on any atom is 0.191 e. The molecule has 2 N–H and O–H groups in total. The van der Waals surface area contributed by atoms with Crippen LogP contribution in [0.1, 0.15) is 22.3 Å². The lowest BCUT2D eigenvalue weighted by molar-refractivity contribution is 0.408. The van der Waals surface area contributed by atoms with Crippen molar-refractivity contribution in [2.75, 3.05) is 33.2 Å². The molecule has 140 valence electrons. The maximum absolute atomic E-state index is 5.47. The minimum atomic E-state index is 0.650. The fourth-order valence-corrected chi connectivity index (χ4v) is 2.82. The predicted octanol–water partition coefficient (Wildman–Crippen LogP) is 3.24. The van der Waals surface area contributed by atoms with Crippen molar-refractivity contribution in [3.8, 4) is 5.75 Å². The van der Waals surface area contributed by atoms with E-state index in [1.165, 1.54) is 22.4 Å². The van der Waals surface area contributed by atoms with Crippen LogP contribution in [0.4, 0.5) is 5.69 Å². The molecule has 0 saturated carbocycles. The smallest absolute Gasteiger partial charge is 0.191 e. The second kappa shape index (κ2) is 9.13. The lowest BCUT2D eigenvalue weighted by atomic mass is 10.1. The molecule has 0 spiro atoms. The van der Waals surface area contributed by atoms with Crippen molar-refractivity contribution in [2.45, 2.75) is 26.9 Å². The first kappa shape index (κ1) is 19.6. The Labute approximate surface area is 157 Å². The van der Waals surface area contributed by atoms with Crippen LogP contribution in [-0.4, -0.2) is 34.2 Å². The lowest BCUT2D eigenvalue weighted by Gasteiger charge is -2.20. The second-order valence-corrected chi connectivity index (χ2v) is 6.62. The number of rotatable bonds is 6. The number of benzene rings is 2. The summed E-state index contributed by atoms with van der Waals surface area (Å²) >= 11 is 0. The van der Waals surface area contributed by atoms with E-state index < -0.39 is 0 Å². The van der Waals surface area contributed by atoms with Gasteiger partial charge in [-0.1, -0.05) is 24.3 Å². The molecule has 0 aromatic heterocycles. The fourth-order valence-electron chi connectivity index (χ4n) is 2.82. The van der Waals surface area contributed by atoms with Gasteiger partial charge in [0.15, 0.2) is 5.96 Å². The largest absolute Gasteiger partial charge is 0.496 e. The summed E-state index contributed by atoms with van der Waals surface area (Å²) in [5, 5.41) is 6.75. The molecule has 5 heteroatoms. The summed E-state index contributed by atoms with van der Waals surface area (Å²) in [7, 11) is 7.61. The number of nitrogens with one attached hydrogen (secondary N) is 2. The van der Waals surface area contributed by atoms with Crippen molar-refractivity contribution >= 4 is 11.6 Å². The maximum atomic E-state index is 5.47. The minimum Gasteiger partial charge on any atom is -0.496 e. The van der Waals surface area contributed by atoms with E-state index in [2.05, 4.69) is 78.8 Å². The van der Waals surface area contributed by atoms with E-state index >= 15 is 0 Å². The molecule has 0 saturated heterocycles. The van der Waals surface area contributed by atoms with Gasteiger partial charge in [0, 0.05) is 45.5 Å². The molecular weight excluding hydrogens is 324 g/mol. The number of aryl methyl sites for hydroxylation is 2. The second-order valence-electron chi connectivity index (χ2n) is 6.62. The average Bonchev–Trinajstić information content (AvgIpc) is 2.63. The van der Waals surface area contributed by atoms with Gasteiger partial charge in [0.25, 0.3) is 0 Å². The number of methoxy groups -OCH3 is 1. The summed E-state index contributed by atoms with van der Waals surface area (Å²) in [6.45, 7) is 5.53. The van der Waals surface area contributed by atoms with Crippen molar-refractivity contribution in [1.82, 2.24) is 10.6 Å². The van der Waals surface area contributed by atoms with Crippen molar-refractivity contribution in [2.24, 2.45) is 4.99 Å². The van der Waals surface area contributed by atoms with Crippen LogP contribution in [0.5, 0.6) is 5.75 Å². The molecule has 26 heavy (non-hydrogen) atoms. The number of aliphatic imine (C=N–C) groups is 1. The summed E-state index contributed by atoms with van der Waals surface area (Å²) in [5.41, 5.74) is 5.99. The van der Waals surface area contributed by atoms with Crippen molar-refractivity contribution in [3.63, 3.8) is 0 Å². The fraction of sp³-hybridized carbons (Fsp3) is 0.381. The van der Waals surface area contributed by atoms with E-state index in [-0.39, 0.29) is 0 Å². The van der Waals surface area contributed by atoms with Crippen molar-refractivity contribution in [1.29, 1.82) is 0 Å². The monoisotopic (exact) mass is 354 g/mol. The highest BCUT2D eigenvalue weighted by molar-refractivity contribution is 5.80. The number of ether oxygens (including phenoxy) is 1. The van der Waals surface area contributed by atoms with Gasteiger partial charge in [0.05, 0.1) is 7.11 Å². The zero-order chi connectivity index (χ0) is 19.1. The highest BCUT2D eigenvalue weighted by atomic mass is 16.5. The molecule has 0 aliphatic rings. The minimum absolute atomic E-state index is 0.650. The Balaban J connectivity index is 2.01. The van der Waals surface area contributed by atoms with E-state index in [0.717, 1.165) is 17.3 Å². The summed E-state index contributed by atoms with van der Waals surface area (Å²) in [4.78, 5) is 6.46. The van der Waals surface area contributed by atoms with E-state index in [4.69, 9.17) is 4.74 Å². The quantitative estimate of drug-likeness (QED) is 0.618. The molecule has 2 aromatic rings. The molecule has 2 aromatic carbocycles. The zero-order valence-corrected chi connectivity index (χ0v) is 16.7. The van der Waals surface area contributed by atoms with E-state index in [0.29, 0.717) is 13.1 Å². The highest BCUT2D eigenvalue weighted by Gasteiger charge is 2.08. The van der Waals surface area contributed by atoms with Gasteiger partial charge in [-0.3, -0.25) is 4.99 Å². The molecule has 0 atom stereocenters. The van der Waals surface area contributed by atoms with Gasteiger partial charge in [0.2, 0.25) is 0 Å². The van der Waals surface area contributed by atoms with Crippen molar-refractivity contribution < 1.29 is 4.74 Å². The van der Waals surface area contributed by atoms with Gasteiger partial charge >= 0.3 is 0 Å². The van der Waals surface area contributed by atoms with Crippen LogP contribution in [0.3, 0.4) is 0 Å². The molecule has 0 aliphatic heterocycles. The third-order valence-electron chi connectivity index (χ3n) is 4.28. The molecule has 0 fully saturated rings. The first-order valence-electron chi connectivity index (χ1n) is 8.79. The van der Waals surface area contributed by atoms with Crippen LogP contribution >= 0.6 is 0 Å². The van der Waals surface area contributed by atoms with Crippen LogP contribution in [-0.2, 0) is 13.1 Å². The van der Waals surface area contributed by atoms with Gasteiger partial charge in [-0.25, -0.2) is 0 Å². The third-order valence-corrected chi connectivity index (χ3v) is 4.28. The molecule has 5 nitrogen and oxygen atoms in total. The standard InChI is InChI=1S/C21H30N4O/c1-15-7-9-17(19(11-15)25(4)5)13-23-21(22-3)24-14-18-10-8-16(2)12-20(18)26-6/h7-12H,13-14H2,1-6H3,(H2,22,23,24). The van der Waals surface area contributed by atoms with Gasteiger partial charge < -0.3 is 20.3 Å². The molecule has 0 amide bonds. The Bertz CT molecular complexity index is 769. The SMILES string of the molecule is CN=C(NCc1ccc(C)cc1OC)NCc1ccc(C)cc1N(C)C. The summed E-state index contributed by atoms with van der Waals surface area (Å²) in [6.07, 6.45) is 0. The number of hydrogen-bond donors (Lipinski definition) is 2. The Hall–Kier alpha value is -2.69. The summed E-state index contributed by atoms with van der Waals surface area (Å²) in [6, 6.07) is 12.7.